The van der Waals surface area contributed by atoms with E-state index in [4.69, 9.17) is 10.5 Å². The van der Waals surface area contributed by atoms with E-state index in [2.05, 4.69) is 19.9 Å². The van der Waals surface area contributed by atoms with Crippen LogP contribution in [0.3, 0.4) is 0 Å². The van der Waals surface area contributed by atoms with Crippen LogP contribution in [0.4, 0.5) is 0 Å². The van der Waals surface area contributed by atoms with Gasteiger partial charge in [0.05, 0.1) is 23.3 Å². The quantitative estimate of drug-likeness (QED) is 0.788. The topological polar surface area (TPSA) is 59.0 Å². The highest BCUT2D eigenvalue weighted by Crippen LogP contribution is 2.55. The lowest BCUT2D eigenvalue weighted by Gasteiger charge is -2.45. The molecule has 0 amide bonds. The summed E-state index contributed by atoms with van der Waals surface area (Å²) in [6, 6.07) is 10.3. The van der Waals surface area contributed by atoms with E-state index in [9.17, 15) is 5.26 Å². The molecule has 0 bridgehead atoms. The number of allylic oxidation sites excluding steroid dienone is 1. The van der Waals surface area contributed by atoms with Crippen LogP contribution in [-0.2, 0) is 0 Å². The fourth-order valence-electron chi connectivity index (χ4n) is 3.01. The van der Waals surface area contributed by atoms with Crippen LogP contribution in [0.15, 0.2) is 34.9 Å². The van der Waals surface area contributed by atoms with Crippen molar-refractivity contribution >= 4 is 11.8 Å². The smallest absolute Gasteiger partial charge is 0.123 e. The summed E-state index contributed by atoms with van der Waals surface area (Å²) in [5, 5.41) is 10.1. The van der Waals surface area contributed by atoms with Crippen molar-refractivity contribution in [2.75, 3.05) is 6.61 Å². The average Bonchev–Trinajstić information content (AvgIpc) is 2.38. The summed E-state index contributed by atoms with van der Waals surface area (Å²) in [5.41, 5.74) is 7.90. The van der Waals surface area contributed by atoms with Crippen molar-refractivity contribution in [2.24, 2.45) is 11.7 Å². The average molecular weight is 272 g/mol. The van der Waals surface area contributed by atoms with Crippen LogP contribution >= 0.6 is 11.8 Å². The minimum Gasteiger partial charge on any atom is -0.493 e. The molecule has 1 aromatic rings. The Hall–Kier alpha value is -1.60. The van der Waals surface area contributed by atoms with Gasteiger partial charge in [-0.15, -0.1) is 11.8 Å². The van der Waals surface area contributed by atoms with Crippen molar-refractivity contribution in [1.82, 2.24) is 0 Å². The van der Waals surface area contributed by atoms with Crippen LogP contribution in [0.1, 0.15) is 25.3 Å². The van der Waals surface area contributed by atoms with Crippen LogP contribution in [0.25, 0.3) is 0 Å². The van der Waals surface area contributed by atoms with Gasteiger partial charge in [-0.2, -0.15) is 5.26 Å². The first kappa shape index (κ1) is 12.4. The Morgan fingerprint density at radius 1 is 1.42 bits per heavy atom. The summed E-state index contributed by atoms with van der Waals surface area (Å²) in [6.07, 6.45) is 0. The maximum Gasteiger partial charge on any atom is 0.123 e. The van der Waals surface area contributed by atoms with Gasteiger partial charge in [-0.1, -0.05) is 18.2 Å². The predicted molar refractivity (Wildman–Crippen MR) is 76.7 cm³/mol. The van der Waals surface area contributed by atoms with E-state index in [1.54, 1.807) is 11.8 Å². The minimum atomic E-state index is -0.0252. The van der Waals surface area contributed by atoms with Crippen LogP contribution < -0.4 is 10.5 Å². The van der Waals surface area contributed by atoms with Gasteiger partial charge < -0.3 is 10.5 Å². The second-order valence-electron chi connectivity index (χ2n) is 5.53. The van der Waals surface area contributed by atoms with Crippen LogP contribution in [0.2, 0.25) is 0 Å². The molecule has 0 fully saturated rings. The van der Waals surface area contributed by atoms with Crippen LogP contribution in [-0.4, -0.2) is 11.4 Å². The van der Waals surface area contributed by atoms with E-state index in [1.807, 2.05) is 24.3 Å². The number of nitriles is 1. The zero-order valence-corrected chi connectivity index (χ0v) is 11.8. The molecule has 0 saturated heterocycles. The highest BCUT2D eigenvalue weighted by molar-refractivity contribution is 8.04. The summed E-state index contributed by atoms with van der Waals surface area (Å²) in [6.45, 7) is 4.99. The standard InChI is InChI=1S/C15H16N2OS/c1-15(2)11-8-18-12-6-4-3-5-9(12)13(11)10(7-16)14(17)19-15/h3-6,11,13H,8,17H2,1-2H3/t11-,13+/m1/s1. The first-order valence-corrected chi connectivity index (χ1v) is 7.16. The zero-order chi connectivity index (χ0) is 13.6. The van der Waals surface area contributed by atoms with Crippen molar-refractivity contribution < 1.29 is 4.74 Å². The Morgan fingerprint density at radius 3 is 2.89 bits per heavy atom. The van der Waals surface area contributed by atoms with Gasteiger partial charge in [0.2, 0.25) is 0 Å². The fourth-order valence-corrected chi connectivity index (χ4v) is 4.22. The van der Waals surface area contributed by atoms with Gasteiger partial charge in [0.25, 0.3) is 0 Å². The highest BCUT2D eigenvalue weighted by Gasteiger charge is 2.47. The molecule has 4 heteroatoms. The molecule has 2 heterocycles. The lowest BCUT2D eigenvalue weighted by atomic mass is 9.73. The van der Waals surface area contributed by atoms with Crippen molar-refractivity contribution in [3.63, 3.8) is 0 Å². The van der Waals surface area contributed by atoms with Gasteiger partial charge in [0.15, 0.2) is 0 Å². The number of nitrogens with two attached hydrogens (primary N) is 1. The van der Waals surface area contributed by atoms with E-state index in [-0.39, 0.29) is 16.6 Å². The molecule has 0 spiro atoms. The maximum atomic E-state index is 9.45. The molecule has 2 atom stereocenters. The molecule has 19 heavy (non-hydrogen) atoms. The second-order valence-corrected chi connectivity index (χ2v) is 7.22. The lowest BCUT2D eigenvalue weighted by Crippen LogP contribution is -2.43. The van der Waals surface area contributed by atoms with Gasteiger partial charge in [-0.25, -0.2) is 0 Å². The van der Waals surface area contributed by atoms with Gasteiger partial charge >= 0.3 is 0 Å². The number of benzene rings is 1. The van der Waals surface area contributed by atoms with Crippen molar-refractivity contribution in [3.05, 3.63) is 40.4 Å². The molecule has 0 aliphatic carbocycles. The number of nitrogens with zero attached hydrogens (tertiary/aromatic N) is 1. The third kappa shape index (κ3) is 1.81. The van der Waals surface area contributed by atoms with Crippen molar-refractivity contribution in [1.29, 1.82) is 5.26 Å². The number of hydrogen-bond donors (Lipinski definition) is 1. The number of thioether (sulfide) groups is 1. The number of rotatable bonds is 0. The fraction of sp³-hybridized carbons (Fsp3) is 0.400. The number of ether oxygens (including phenoxy) is 1. The normalized spacial score (nSPS) is 27.8. The molecule has 98 valence electrons. The minimum absolute atomic E-state index is 0.0252. The molecule has 0 saturated carbocycles. The van der Waals surface area contributed by atoms with E-state index in [0.29, 0.717) is 17.2 Å². The van der Waals surface area contributed by atoms with E-state index in [1.165, 1.54) is 0 Å². The third-order valence-electron chi connectivity index (χ3n) is 4.04. The van der Waals surface area contributed by atoms with Gasteiger partial charge in [-0.05, 0) is 19.9 Å². The molecular weight excluding hydrogens is 256 g/mol. The largest absolute Gasteiger partial charge is 0.493 e. The Kier molecular flexibility index (Phi) is 2.75. The monoisotopic (exact) mass is 272 g/mol. The summed E-state index contributed by atoms with van der Waals surface area (Å²) in [4.78, 5) is 0. The molecule has 2 aliphatic heterocycles. The Morgan fingerprint density at radius 2 is 2.16 bits per heavy atom. The summed E-state index contributed by atoms with van der Waals surface area (Å²) < 4.78 is 5.85. The number of fused-ring (bicyclic) bond motifs is 3. The molecule has 0 radical (unpaired) electrons. The van der Waals surface area contributed by atoms with Crippen molar-refractivity contribution in [2.45, 2.75) is 24.5 Å². The highest BCUT2D eigenvalue weighted by atomic mass is 32.2. The molecule has 3 rings (SSSR count). The van der Waals surface area contributed by atoms with E-state index >= 15 is 0 Å². The maximum absolute atomic E-state index is 9.45. The second kappa shape index (κ2) is 4.21. The summed E-state index contributed by atoms with van der Waals surface area (Å²) >= 11 is 1.59. The summed E-state index contributed by atoms with van der Waals surface area (Å²) in [7, 11) is 0. The molecule has 2 N–H and O–H groups in total. The SMILES string of the molecule is CC1(C)SC(N)=C(C#N)[C@@H]2c3ccccc3OC[C@H]21. The number of para-hydroxylation sites is 1. The zero-order valence-electron chi connectivity index (χ0n) is 11.0. The molecule has 3 nitrogen and oxygen atoms in total. The molecular formula is C15H16N2OS. The Bertz CT molecular complexity index is 600. The third-order valence-corrected chi connectivity index (χ3v) is 5.31. The molecule has 0 unspecified atom stereocenters. The predicted octanol–water partition coefficient (Wildman–Crippen LogP) is 3.00. The van der Waals surface area contributed by atoms with Gasteiger partial charge in [-0.3, -0.25) is 0 Å². The molecule has 0 aromatic heterocycles. The van der Waals surface area contributed by atoms with Gasteiger partial charge in [0.1, 0.15) is 5.75 Å². The Labute approximate surface area is 117 Å². The van der Waals surface area contributed by atoms with Gasteiger partial charge in [0, 0.05) is 22.1 Å². The van der Waals surface area contributed by atoms with Crippen molar-refractivity contribution in [3.8, 4) is 11.8 Å². The number of hydrogen-bond acceptors (Lipinski definition) is 4. The molecule has 1 aromatic carbocycles. The first-order valence-electron chi connectivity index (χ1n) is 6.35. The van der Waals surface area contributed by atoms with Crippen LogP contribution in [0.5, 0.6) is 5.75 Å². The lowest BCUT2D eigenvalue weighted by molar-refractivity contribution is 0.179. The van der Waals surface area contributed by atoms with Crippen LogP contribution in [0, 0.1) is 17.2 Å². The Balaban J connectivity index is 2.21. The first-order chi connectivity index (χ1) is 9.04. The van der Waals surface area contributed by atoms with E-state index < -0.39 is 0 Å². The van der Waals surface area contributed by atoms with E-state index in [0.717, 1.165) is 11.3 Å². The molecule has 2 aliphatic rings. The summed E-state index contributed by atoms with van der Waals surface area (Å²) in [5.74, 6) is 1.22.